The molecule has 2 unspecified atom stereocenters. The van der Waals surface area contributed by atoms with Crippen molar-refractivity contribution in [2.45, 2.75) is 25.3 Å². The lowest BCUT2D eigenvalue weighted by Gasteiger charge is -2.28. The molecule has 1 aliphatic heterocycles. The highest BCUT2D eigenvalue weighted by Crippen LogP contribution is 2.41. The Labute approximate surface area is 98.2 Å². The van der Waals surface area contributed by atoms with Gasteiger partial charge in [0.2, 0.25) is 5.95 Å². The number of hydrogen-bond acceptors (Lipinski definition) is 5. The Morgan fingerprint density at radius 1 is 1.35 bits per heavy atom. The third kappa shape index (κ3) is 1.23. The van der Waals surface area contributed by atoms with Crippen molar-refractivity contribution in [1.29, 1.82) is 0 Å². The van der Waals surface area contributed by atoms with Gasteiger partial charge in [-0.1, -0.05) is 0 Å². The second-order valence-corrected chi connectivity index (χ2v) is 5.02. The highest BCUT2D eigenvalue weighted by Gasteiger charge is 2.39. The van der Waals surface area contributed by atoms with Crippen molar-refractivity contribution >= 4 is 22.8 Å². The molecule has 0 spiro atoms. The second-order valence-electron chi connectivity index (χ2n) is 5.02. The third-order valence-electron chi connectivity index (χ3n) is 3.99. The molecule has 4 rings (SSSR count). The van der Waals surface area contributed by atoms with Crippen molar-refractivity contribution in [3.8, 4) is 0 Å². The molecule has 2 aromatic heterocycles. The average Bonchev–Trinajstić information content (AvgIpc) is 3.02. The van der Waals surface area contributed by atoms with Crippen LogP contribution in [0.2, 0.25) is 0 Å². The number of aromatic amines is 1. The summed E-state index contributed by atoms with van der Waals surface area (Å²) < 4.78 is 0. The summed E-state index contributed by atoms with van der Waals surface area (Å²) in [4.78, 5) is 10.9. The molecular formula is C11H14N6. The SMILES string of the molecule is Nc1nc(N2CC3CCC2C3)c2cn[nH]c2n1. The Balaban J connectivity index is 1.87. The van der Waals surface area contributed by atoms with Crippen molar-refractivity contribution in [3.05, 3.63) is 6.20 Å². The summed E-state index contributed by atoms with van der Waals surface area (Å²) in [6, 6.07) is 0.632. The van der Waals surface area contributed by atoms with Gasteiger partial charge in [-0.3, -0.25) is 5.10 Å². The van der Waals surface area contributed by atoms with Crippen LogP contribution in [-0.2, 0) is 0 Å². The highest BCUT2D eigenvalue weighted by molar-refractivity contribution is 5.87. The number of H-pyrrole nitrogens is 1. The van der Waals surface area contributed by atoms with Gasteiger partial charge in [-0.25, -0.2) is 0 Å². The summed E-state index contributed by atoms with van der Waals surface area (Å²) in [6.45, 7) is 1.10. The maximum absolute atomic E-state index is 5.75. The molecule has 2 aromatic rings. The fourth-order valence-corrected chi connectivity index (χ4v) is 3.24. The minimum atomic E-state index is 0.319. The number of nitrogens with one attached hydrogen (secondary N) is 1. The number of hydrogen-bond donors (Lipinski definition) is 2. The van der Waals surface area contributed by atoms with Gasteiger partial charge in [-0.15, -0.1) is 0 Å². The van der Waals surface area contributed by atoms with Crippen LogP contribution in [0.25, 0.3) is 11.0 Å². The van der Waals surface area contributed by atoms with E-state index in [4.69, 9.17) is 5.73 Å². The van der Waals surface area contributed by atoms with Crippen molar-refractivity contribution in [1.82, 2.24) is 20.2 Å². The van der Waals surface area contributed by atoms with Crippen LogP contribution >= 0.6 is 0 Å². The van der Waals surface area contributed by atoms with Gasteiger partial charge in [0.05, 0.1) is 11.6 Å². The van der Waals surface area contributed by atoms with Crippen LogP contribution in [0.3, 0.4) is 0 Å². The van der Waals surface area contributed by atoms with Gasteiger partial charge in [-0.05, 0) is 25.2 Å². The number of piperidine rings is 1. The highest BCUT2D eigenvalue weighted by atomic mass is 15.3. The summed E-state index contributed by atoms with van der Waals surface area (Å²) in [6.07, 6.45) is 5.71. The van der Waals surface area contributed by atoms with E-state index in [1.165, 1.54) is 19.3 Å². The molecule has 1 saturated carbocycles. The minimum Gasteiger partial charge on any atom is -0.368 e. The smallest absolute Gasteiger partial charge is 0.224 e. The average molecular weight is 230 g/mol. The molecule has 0 aromatic carbocycles. The number of nitrogen functional groups attached to an aromatic ring is 1. The molecule has 1 saturated heterocycles. The Hall–Kier alpha value is -1.85. The summed E-state index contributed by atoms with van der Waals surface area (Å²) in [5.41, 5.74) is 6.48. The third-order valence-corrected chi connectivity index (χ3v) is 3.99. The van der Waals surface area contributed by atoms with E-state index in [2.05, 4.69) is 25.1 Å². The molecule has 3 N–H and O–H groups in total. The molecule has 0 radical (unpaired) electrons. The van der Waals surface area contributed by atoms with Crippen molar-refractivity contribution in [2.75, 3.05) is 17.2 Å². The number of aromatic nitrogens is 4. The molecule has 88 valence electrons. The predicted octanol–water partition coefficient (Wildman–Crippen LogP) is 0.924. The summed E-state index contributed by atoms with van der Waals surface area (Å²) >= 11 is 0. The zero-order valence-corrected chi connectivity index (χ0v) is 9.43. The number of nitrogens with zero attached hydrogens (tertiary/aromatic N) is 4. The summed E-state index contributed by atoms with van der Waals surface area (Å²) in [5.74, 6) is 2.10. The number of anilines is 2. The van der Waals surface area contributed by atoms with Crippen LogP contribution in [-0.4, -0.2) is 32.8 Å². The van der Waals surface area contributed by atoms with Gasteiger partial charge in [0.1, 0.15) is 5.82 Å². The van der Waals surface area contributed by atoms with Gasteiger partial charge in [-0.2, -0.15) is 15.1 Å². The lowest BCUT2D eigenvalue weighted by molar-refractivity contribution is 0.551. The van der Waals surface area contributed by atoms with E-state index < -0.39 is 0 Å². The van der Waals surface area contributed by atoms with E-state index >= 15 is 0 Å². The first-order valence-corrected chi connectivity index (χ1v) is 6.04. The van der Waals surface area contributed by atoms with Crippen molar-refractivity contribution in [2.24, 2.45) is 5.92 Å². The first-order valence-electron chi connectivity index (χ1n) is 6.04. The number of rotatable bonds is 1. The molecule has 17 heavy (non-hydrogen) atoms. The lowest BCUT2D eigenvalue weighted by Crippen LogP contribution is -2.32. The summed E-state index contributed by atoms with van der Waals surface area (Å²) in [7, 11) is 0. The van der Waals surface area contributed by atoms with Gasteiger partial charge >= 0.3 is 0 Å². The molecular weight excluding hydrogens is 216 g/mol. The van der Waals surface area contributed by atoms with Crippen LogP contribution in [0.5, 0.6) is 0 Å². The Morgan fingerprint density at radius 2 is 2.29 bits per heavy atom. The first-order chi connectivity index (χ1) is 8.31. The maximum Gasteiger partial charge on any atom is 0.224 e. The summed E-state index contributed by atoms with van der Waals surface area (Å²) in [5, 5.41) is 7.87. The van der Waals surface area contributed by atoms with Crippen LogP contribution < -0.4 is 10.6 Å². The van der Waals surface area contributed by atoms with Gasteiger partial charge in [0.15, 0.2) is 5.65 Å². The standard InChI is InChI=1S/C11H14N6/c12-11-14-9-8(4-13-16-9)10(15-11)17-5-6-1-2-7(17)3-6/h4,6-7H,1-3,5H2,(H3,12,13,14,15,16). The van der Waals surface area contributed by atoms with Crippen LogP contribution in [0.1, 0.15) is 19.3 Å². The molecule has 2 aliphatic rings. The van der Waals surface area contributed by atoms with Crippen LogP contribution in [0.15, 0.2) is 6.20 Å². The van der Waals surface area contributed by atoms with E-state index in [-0.39, 0.29) is 0 Å². The van der Waals surface area contributed by atoms with E-state index in [0.717, 1.165) is 29.3 Å². The monoisotopic (exact) mass is 230 g/mol. The Bertz CT molecular complexity index is 576. The van der Waals surface area contributed by atoms with E-state index in [1.807, 2.05) is 0 Å². The Morgan fingerprint density at radius 3 is 3.06 bits per heavy atom. The molecule has 6 nitrogen and oxygen atoms in total. The van der Waals surface area contributed by atoms with Gasteiger partial charge in [0.25, 0.3) is 0 Å². The van der Waals surface area contributed by atoms with Crippen LogP contribution in [0.4, 0.5) is 11.8 Å². The quantitative estimate of drug-likeness (QED) is 0.761. The molecule has 6 heteroatoms. The molecule has 1 aliphatic carbocycles. The normalized spacial score (nSPS) is 27.2. The maximum atomic E-state index is 5.75. The van der Waals surface area contributed by atoms with E-state index in [0.29, 0.717) is 12.0 Å². The zero-order valence-electron chi connectivity index (χ0n) is 9.43. The topological polar surface area (TPSA) is 83.7 Å². The van der Waals surface area contributed by atoms with E-state index in [1.54, 1.807) is 6.20 Å². The fourth-order valence-electron chi connectivity index (χ4n) is 3.24. The molecule has 2 bridgehead atoms. The lowest BCUT2D eigenvalue weighted by atomic mass is 10.1. The molecule has 0 amide bonds. The molecule has 2 fully saturated rings. The van der Waals surface area contributed by atoms with Crippen molar-refractivity contribution in [3.63, 3.8) is 0 Å². The molecule has 3 heterocycles. The van der Waals surface area contributed by atoms with E-state index in [9.17, 15) is 0 Å². The second kappa shape index (κ2) is 3.09. The Kier molecular flexibility index (Phi) is 1.67. The predicted molar refractivity (Wildman–Crippen MR) is 64.6 cm³/mol. The first kappa shape index (κ1) is 9.21. The van der Waals surface area contributed by atoms with Gasteiger partial charge < -0.3 is 10.6 Å². The van der Waals surface area contributed by atoms with Crippen LogP contribution in [0, 0.1) is 5.92 Å². The fraction of sp³-hybridized carbons (Fsp3) is 0.545. The van der Waals surface area contributed by atoms with Crippen molar-refractivity contribution < 1.29 is 0 Å². The zero-order chi connectivity index (χ0) is 11.4. The van der Waals surface area contributed by atoms with Gasteiger partial charge in [0, 0.05) is 12.6 Å². The minimum absolute atomic E-state index is 0.319. The molecule has 2 atom stereocenters. The number of fused-ring (bicyclic) bond motifs is 3. The largest absolute Gasteiger partial charge is 0.368 e. The number of nitrogens with two attached hydrogens (primary N) is 1.